The van der Waals surface area contributed by atoms with Crippen molar-refractivity contribution in [2.75, 3.05) is 13.2 Å². The largest absolute Gasteiger partial charge is 0.460 e. The first-order valence-corrected chi connectivity index (χ1v) is 18.6. The Hall–Kier alpha value is -3.15. The van der Waals surface area contributed by atoms with Crippen LogP contribution in [0, 0.1) is 8.99 Å². The van der Waals surface area contributed by atoms with E-state index in [0.717, 1.165) is 20.3 Å². The van der Waals surface area contributed by atoms with Gasteiger partial charge in [-0.3, -0.25) is 24.0 Å². The zero-order chi connectivity index (χ0) is 36.1. The van der Waals surface area contributed by atoms with Crippen LogP contribution in [0.3, 0.4) is 0 Å². The number of amides is 2. The molecule has 2 aromatic carbocycles. The maximum Gasteiger partial charge on any atom is 0.327 e. The summed E-state index contributed by atoms with van der Waals surface area (Å²) in [5.74, 6) is -2.80. The fourth-order valence-electron chi connectivity index (χ4n) is 8.22. The molecule has 3 saturated heterocycles. The van der Waals surface area contributed by atoms with Gasteiger partial charge < -0.3 is 34.7 Å². The minimum atomic E-state index is -1.37. The Morgan fingerprint density at radius 2 is 1.78 bits per heavy atom. The highest BCUT2D eigenvalue weighted by atomic mass is 127. The zero-order valence-corrected chi connectivity index (χ0v) is 31.1. The van der Waals surface area contributed by atoms with E-state index in [-0.39, 0.29) is 45.4 Å². The molecule has 2 aliphatic carbocycles. The van der Waals surface area contributed by atoms with E-state index in [4.69, 9.17) is 23.8 Å². The summed E-state index contributed by atoms with van der Waals surface area (Å²) in [6.45, 7) is 5.15. The van der Waals surface area contributed by atoms with E-state index >= 15 is 0 Å². The van der Waals surface area contributed by atoms with Gasteiger partial charge >= 0.3 is 11.9 Å². The number of hydroxylamine groups is 2. The first kappa shape index (κ1) is 36.2. The van der Waals surface area contributed by atoms with E-state index in [1.54, 1.807) is 25.8 Å². The Kier molecular flexibility index (Phi) is 9.95. The molecule has 0 unspecified atom stereocenters. The molecular weight excluding hydrogens is 773 g/mol. The predicted molar refractivity (Wildman–Crippen MR) is 188 cm³/mol. The molecule has 7 atom stereocenters. The Labute approximate surface area is 310 Å². The summed E-state index contributed by atoms with van der Waals surface area (Å²) in [4.78, 5) is 60.0. The maximum absolute atomic E-state index is 14.5. The van der Waals surface area contributed by atoms with Crippen molar-refractivity contribution in [3.63, 3.8) is 0 Å². The second kappa shape index (κ2) is 14.0. The molecule has 14 heteroatoms. The third-order valence-electron chi connectivity index (χ3n) is 10.3. The van der Waals surface area contributed by atoms with Gasteiger partial charge in [-0.25, -0.2) is 0 Å². The van der Waals surface area contributed by atoms with Crippen LogP contribution >= 0.6 is 22.6 Å². The standard InChI is InChI=1S/C37H44IN3O10/c1-35(2,3)48-28(44)12-11-25(20-42)40-27(43)13-14-39-34(46)37-18-26-29-30(50-36(49-29)16-22-8-4-5-9-23(22)17-36)32(37)51-41(31(37)33(45)47-26)19-21-7-6-10-24(38)15-21/h4-10,15,25-26,29-32,42H,11-14,16-20H2,1-3H3,(H,39,46)(H,40,43)/t25-,26+,29-,30-,31-,32+,37-/m0/s1. The number of hydrogen-bond donors (Lipinski definition) is 3. The van der Waals surface area contributed by atoms with Gasteiger partial charge in [-0.15, -0.1) is 0 Å². The number of rotatable bonds is 11. The molecule has 3 N–H and O–H groups in total. The number of carbonyl (C=O) groups excluding carboxylic acids is 4. The Morgan fingerprint density at radius 1 is 1.06 bits per heavy atom. The first-order valence-electron chi connectivity index (χ1n) is 17.5. The number of benzene rings is 2. The van der Waals surface area contributed by atoms with E-state index < -0.39 is 77.1 Å². The lowest BCUT2D eigenvalue weighted by molar-refractivity contribution is -0.217. The summed E-state index contributed by atoms with van der Waals surface area (Å²) in [6, 6.07) is 14.2. The molecule has 13 nitrogen and oxygen atoms in total. The van der Waals surface area contributed by atoms with Crippen molar-refractivity contribution in [1.29, 1.82) is 0 Å². The van der Waals surface area contributed by atoms with Crippen LogP contribution in [0.25, 0.3) is 0 Å². The normalized spacial score (nSPS) is 29.2. The van der Waals surface area contributed by atoms with Crippen molar-refractivity contribution < 1.29 is 48.1 Å². The topological polar surface area (TPSA) is 162 Å². The Balaban J connectivity index is 1.07. The van der Waals surface area contributed by atoms with Crippen molar-refractivity contribution in [2.24, 2.45) is 5.41 Å². The molecule has 274 valence electrons. The number of aliphatic hydroxyl groups is 1. The average Bonchev–Trinajstić information content (AvgIpc) is 3.73. The van der Waals surface area contributed by atoms with Gasteiger partial charge in [0.2, 0.25) is 11.8 Å². The van der Waals surface area contributed by atoms with E-state index in [0.29, 0.717) is 12.8 Å². The SMILES string of the molecule is CC(C)(C)OC(=O)CC[C@@H](CO)NC(=O)CCNC(=O)[C@@]12C[C@H]3OC(=O)[C@@H]1N(Cc1cccc(I)c1)O[C@@H]2[C@H]1OC2(Cc4ccccc4C2)O[C@H]13. The van der Waals surface area contributed by atoms with Crippen LogP contribution in [0.4, 0.5) is 0 Å². The summed E-state index contributed by atoms with van der Waals surface area (Å²) in [5, 5.41) is 17.0. The highest BCUT2D eigenvalue weighted by Crippen LogP contribution is 2.58. The van der Waals surface area contributed by atoms with E-state index in [2.05, 4.69) is 45.4 Å². The minimum Gasteiger partial charge on any atom is -0.460 e. The van der Waals surface area contributed by atoms with Crippen molar-refractivity contribution in [1.82, 2.24) is 15.7 Å². The number of ether oxygens (including phenoxy) is 4. The maximum atomic E-state index is 14.5. The molecule has 1 spiro atoms. The van der Waals surface area contributed by atoms with Crippen molar-refractivity contribution >= 4 is 46.3 Å². The molecule has 51 heavy (non-hydrogen) atoms. The lowest BCUT2D eigenvalue weighted by Gasteiger charge is -2.48. The van der Waals surface area contributed by atoms with Gasteiger partial charge in [-0.2, -0.15) is 5.06 Å². The van der Waals surface area contributed by atoms with Gasteiger partial charge in [0.25, 0.3) is 0 Å². The Morgan fingerprint density at radius 3 is 2.47 bits per heavy atom. The van der Waals surface area contributed by atoms with Crippen molar-refractivity contribution in [3.8, 4) is 0 Å². The predicted octanol–water partition coefficient (Wildman–Crippen LogP) is 2.48. The molecule has 1 saturated carbocycles. The fourth-order valence-corrected chi connectivity index (χ4v) is 8.83. The van der Waals surface area contributed by atoms with Gasteiger partial charge in [-0.1, -0.05) is 36.4 Å². The smallest absolute Gasteiger partial charge is 0.327 e. The van der Waals surface area contributed by atoms with Crippen LogP contribution in [-0.2, 0) is 62.3 Å². The minimum absolute atomic E-state index is 0.0298. The Bertz CT molecular complexity index is 1670. The van der Waals surface area contributed by atoms with Crippen molar-refractivity contribution in [3.05, 3.63) is 68.8 Å². The lowest BCUT2D eigenvalue weighted by Crippen LogP contribution is -2.69. The van der Waals surface area contributed by atoms with Gasteiger partial charge in [0.1, 0.15) is 35.4 Å². The van der Waals surface area contributed by atoms with Crippen LogP contribution in [0.5, 0.6) is 0 Å². The molecule has 3 aliphatic heterocycles. The van der Waals surface area contributed by atoms with E-state index in [9.17, 15) is 24.3 Å². The summed E-state index contributed by atoms with van der Waals surface area (Å²) < 4.78 is 25.8. The van der Waals surface area contributed by atoms with Crippen LogP contribution in [0.1, 0.15) is 63.1 Å². The molecular formula is C37H44IN3O10. The van der Waals surface area contributed by atoms with Crippen LogP contribution in [-0.4, -0.2) is 95.0 Å². The number of nitrogens with one attached hydrogen (secondary N) is 2. The van der Waals surface area contributed by atoms with E-state index in [1.165, 1.54) is 0 Å². The summed E-state index contributed by atoms with van der Waals surface area (Å²) in [5.41, 5.74) is 1.14. The number of esters is 2. The zero-order valence-electron chi connectivity index (χ0n) is 28.9. The molecule has 2 amide bonds. The van der Waals surface area contributed by atoms with Gasteiger partial charge in [0, 0.05) is 42.2 Å². The van der Waals surface area contributed by atoms with Gasteiger partial charge in [0.15, 0.2) is 11.8 Å². The lowest BCUT2D eigenvalue weighted by atomic mass is 9.62. The number of aliphatic hydroxyl groups excluding tert-OH is 1. The third-order valence-corrected chi connectivity index (χ3v) is 11.0. The van der Waals surface area contributed by atoms with Crippen LogP contribution in [0.2, 0.25) is 0 Å². The van der Waals surface area contributed by atoms with E-state index in [1.807, 2.05) is 36.4 Å². The molecule has 5 aliphatic rings. The first-order chi connectivity index (χ1) is 24.3. The molecule has 2 bridgehead atoms. The molecule has 0 aromatic heterocycles. The van der Waals surface area contributed by atoms with Crippen LogP contribution < -0.4 is 10.6 Å². The van der Waals surface area contributed by atoms with Crippen molar-refractivity contribution in [2.45, 2.75) is 114 Å². The highest BCUT2D eigenvalue weighted by Gasteiger charge is 2.76. The summed E-state index contributed by atoms with van der Waals surface area (Å²) in [6.07, 6.45) is -1.56. The monoisotopic (exact) mass is 817 g/mol. The number of carbonyl (C=O) groups is 4. The quantitative estimate of drug-likeness (QED) is 0.226. The molecule has 4 fully saturated rings. The summed E-state index contributed by atoms with van der Waals surface area (Å²) >= 11 is 2.23. The third kappa shape index (κ3) is 7.14. The fraction of sp³-hybridized carbons (Fsp3) is 0.568. The molecule has 2 aromatic rings. The number of hydrogen-bond acceptors (Lipinski definition) is 11. The number of nitrogens with zero attached hydrogens (tertiary/aromatic N) is 1. The van der Waals surface area contributed by atoms with Gasteiger partial charge in [0.05, 0.1) is 19.2 Å². The number of fused-ring (bicyclic) bond motifs is 5. The van der Waals surface area contributed by atoms with Gasteiger partial charge in [-0.05, 0) is 78.6 Å². The molecule has 0 radical (unpaired) electrons. The summed E-state index contributed by atoms with van der Waals surface area (Å²) in [7, 11) is 0. The van der Waals surface area contributed by atoms with Crippen LogP contribution in [0.15, 0.2) is 48.5 Å². The average molecular weight is 818 g/mol. The molecule has 7 rings (SSSR count). The molecule has 3 heterocycles. The highest BCUT2D eigenvalue weighted by molar-refractivity contribution is 14.1. The second-order valence-corrected chi connectivity index (χ2v) is 16.4. The number of halogens is 1. The second-order valence-electron chi connectivity index (χ2n) is 15.1.